The fourth-order valence-electron chi connectivity index (χ4n) is 3.16. The van der Waals surface area contributed by atoms with Crippen molar-refractivity contribution in [3.8, 4) is 0 Å². The molecule has 22 heavy (non-hydrogen) atoms. The van der Waals surface area contributed by atoms with Crippen LogP contribution in [-0.4, -0.2) is 44.1 Å². The molecule has 2 N–H and O–H groups in total. The van der Waals surface area contributed by atoms with Crippen LogP contribution in [0.3, 0.4) is 0 Å². The van der Waals surface area contributed by atoms with E-state index in [1.165, 1.54) is 0 Å². The van der Waals surface area contributed by atoms with Gasteiger partial charge in [-0.05, 0) is 33.6 Å². The Labute approximate surface area is 130 Å². The lowest BCUT2D eigenvalue weighted by atomic mass is 9.96. The summed E-state index contributed by atoms with van der Waals surface area (Å²) in [5, 5.41) is 7.12. The largest absolute Gasteiger partial charge is 0.346 e. The van der Waals surface area contributed by atoms with Crippen molar-refractivity contribution in [1.82, 2.24) is 25.1 Å². The van der Waals surface area contributed by atoms with Crippen LogP contribution in [0.5, 0.6) is 0 Å². The Morgan fingerprint density at radius 1 is 1.41 bits per heavy atom. The van der Waals surface area contributed by atoms with Crippen LogP contribution < -0.4 is 0 Å². The van der Waals surface area contributed by atoms with Crippen molar-refractivity contribution >= 4 is 5.91 Å². The monoisotopic (exact) mass is 301 g/mol. The van der Waals surface area contributed by atoms with Gasteiger partial charge in [-0.15, -0.1) is 0 Å². The lowest BCUT2D eigenvalue weighted by molar-refractivity contribution is -0.131. The molecule has 1 aliphatic heterocycles. The molecule has 2 aromatic heterocycles. The molecule has 0 bridgehead atoms. The predicted molar refractivity (Wildman–Crippen MR) is 83.6 cm³/mol. The van der Waals surface area contributed by atoms with E-state index in [0.29, 0.717) is 12.3 Å². The molecule has 1 fully saturated rings. The summed E-state index contributed by atoms with van der Waals surface area (Å²) < 4.78 is 0. The lowest BCUT2D eigenvalue weighted by Crippen LogP contribution is -2.40. The highest BCUT2D eigenvalue weighted by Crippen LogP contribution is 2.25. The minimum absolute atomic E-state index is 0.181. The number of nitrogens with zero attached hydrogens (tertiary/aromatic N) is 3. The molecule has 0 spiro atoms. The summed E-state index contributed by atoms with van der Waals surface area (Å²) in [7, 11) is 0. The van der Waals surface area contributed by atoms with Crippen LogP contribution >= 0.6 is 0 Å². The lowest BCUT2D eigenvalue weighted by Gasteiger charge is -2.32. The highest BCUT2D eigenvalue weighted by molar-refractivity contribution is 5.79. The molecule has 6 nitrogen and oxygen atoms in total. The number of piperidine rings is 1. The van der Waals surface area contributed by atoms with Gasteiger partial charge in [-0.3, -0.25) is 9.89 Å². The first-order valence-corrected chi connectivity index (χ1v) is 7.84. The highest BCUT2D eigenvalue weighted by atomic mass is 16.2. The molecular formula is C16H23N5O. The maximum absolute atomic E-state index is 12.6. The van der Waals surface area contributed by atoms with Gasteiger partial charge in [0.25, 0.3) is 0 Å². The second-order valence-corrected chi connectivity index (χ2v) is 6.22. The minimum atomic E-state index is 0.181. The molecule has 0 radical (unpaired) electrons. The Balaban J connectivity index is 1.68. The number of carbonyl (C=O) groups excluding carboxylic acids is 1. The molecule has 118 valence electrons. The van der Waals surface area contributed by atoms with Gasteiger partial charge in [0, 0.05) is 42.2 Å². The first kappa shape index (κ1) is 14.8. The highest BCUT2D eigenvalue weighted by Gasteiger charge is 2.27. The third kappa shape index (κ3) is 2.91. The van der Waals surface area contributed by atoms with Gasteiger partial charge >= 0.3 is 0 Å². The molecule has 1 amide bonds. The summed E-state index contributed by atoms with van der Waals surface area (Å²) in [6.07, 6.45) is 4.40. The molecular weight excluding hydrogens is 278 g/mol. The van der Waals surface area contributed by atoms with Crippen molar-refractivity contribution in [3.05, 3.63) is 34.7 Å². The normalized spacial score (nSPS) is 18.7. The third-order valence-corrected chi connectivity index (χ3v) is 4.49. The van der Waals surface area contributed by atoms with Crippen LogP contribution in [-0.2, 0) is 11.2 Å². The number of imidazole rings is 1. The van der Waals surface area contributed by atoms with E-state index in [-0.39, 0.29) is 5.91 Å². The van der Waals surface area contributed by atoms with Crippen LogP contribution in [0.4, 0.5) is 0 Å². The number of hydrogen-bond donors (Lipinski definition) is 2. The van der Waals surface area contributed by atoms with E-state index in [0.717, 1.165) is 54.4 Å². The summed E-state index contributed by atoms with van der Waals surface area (Å²) in [6.45, 7) is 7.50. The minimum Gasteiger partial charge on any atom is -0.346 e. The molecule has 6 heteroatoms. The fraction of sp³-hybridized carbons (Fsp3) is 0.562. The molecule has 1 atom stereocenters. The number of aryl methyl sites for hydroxylation is 3. The van der Waals surface area contributed by atoms with E-state index in [1.54, 1.807) is 0 Å². The number of aromatic amines is 2. The summed E-state index contributed by atoms with van der Waals surface area (Å²) in [6, 6.07) is 0. The average molecular weight is 301 g/mol. The summed E-state index contributed by atoms with van der Waals surface area (Å²) in [4.78, 5) is 22.3. The number of likely N-dealkylation sites (tertiary alicyclic amines) is 1. The molecule has 3 heterocycles. The van der Waals surface area contributed by atoms with E-state index in [1.807, 2.05) is 31.9 Å². The van der Waals surface area contributed by atoms with Gasteiger partial charge in [0.1, 0.15) is 5.82 Å². The van der Waals surface area contributed by atoms with E-state index >= 15 is 0 Å². The van der Waals surface area contributed by atoms with Crippen LogP contribution in [0.2, 0.25) is 0 Å². The van der Waals surface area contributed by atoms with Gasteiger partial charge in [0.2, 0.25) is 5.91 Å². The Bertz CT molecular complexity index is 652. The van der Waals surface area contributed by atoms with Crippen molar-refractivity contribution in [2.24, 2.45) is 0 Å². The number of carbonyl (C=O) groups is 1. The standard InChI is InChI=1S/C16H23N5O/c1-10-8-17-16(18-10)13-5-4-6-21(9-13)15(22)7-14-11(2)19-20-12(14)3/h8,13H,4-7,9H2,1-3H3,(H,17,18)(H,19,20). The molecule has 2 aromatic rings. The molecule has 1 unspecified atom stereocenters. The molecule has 1 saturated heterocycles. The Hall–Kier alpha value is -2.11. The van der Waals surface area contributed by atoms with E-state index in [9.17, 15) is 4.79 Å². The Kier molecular flexibility index (Phi) is 4.00. The number of H-pyrrole nitrogens is 2. The van der Waals surface area contributed by atoms with Gasteiger partial charge in [-0.2, -0.15) is 5.10 Å². The number of amides is 1. The van der Waals surface area contributed by atoms with Crippen molar-refractivity contribution in [2.45, 2.75) is 46.0 Å². The maximum atomic E-state index is 12.6. The molecule has 0 saturated carbocycles. The number of nitrogens with one attached hydrogen (secondary N) is 2. The van der Waals surface area contributed by atoms with Crippen molar-refractivity contribution in [1.29, 1.82) is 0 Å². The van der Waals surface area contributed by atoms with Gasteiger partial charge < -0.3 is 9.88 Å². The number of hydrogen-bond acceptors (Lipinski definition) is 3. The smallest absolute Gasteiger partial charge is 0.227 e. The summed E-state index contributed by atoms with van der Waals surface area (Å²) >= 11 is 0. The summed E-state index contributed by atoms with van der Waals surface area (Å²) in [5.74, 6) is 1.50. The summed E-state index contributed by atoms with van der Waals surface area (Å²) in [5.41, 5.74) is 4.01. The van der Waals surface area contributed by atoms with Gasteiger partial charge in [-0.1, -0.05) is 0 Å². The third-order valence-electron chi connectivity index (χ3n) is 4.49. The molecule has 0 aliphatic carbocycles. The van der Waals surface area contributed by atoms with Crippen LogP contribution in [0.15, 0.2) is 6.20 Å². The molecule has 3 rings (SSSR count). The van der Waals surface area contributed by atoms with Gasteiger partial charge in [0.15, 0.2) is 0 Å². The SMILES string of the molecule is Cc1cnc(C2CCCN(C(=O)Cc3c(C)n[nH]c3C)C2)[nH]1. The van der Waals surface area contributed by atoms with Crippen LogP contribution in [0.1, 0.15) is 47.2 Å². The molecule has 1 aliphatic rings. The van der Waals surface area contributed by atoms with Crippen LogP contribution in [0, 0.1) is 20.8 Å². The van der Waals surface area contributed by atoms with Crippen molar-refractivity contribution < 1.29 is 4.79 Å². The van der Waals surface area contributed by atoms with E-state index in [2.05, 4.69) is 20.2 Å². The fourth-order valence-corrected chi connectivity index (χ4v) is 3.16. The Morgan fingerprint density at radius 3 is 2.86 bits per heavy atom. The number of rotatable bonds is 3. The topological polar surface area (TPSA) is 77.7 Å². The van der Waals surface area contributed by atoms with Crippen molar-refractivity contribution in [3.63, 3.8) is 0 Å². The first-order valence-electron chi connectivity index (χ1n) is 7.84. The molecule has 0 aromatic carbocycles. The second-order valence-electron chi connectivity index (χ2n) is 6.22. The number of aromatic nitrogens is 4. The van der Waals surface area contributed by atoms with Crippen LogP contribution in [0.25, 0.3) is 0 Å². The predicted octanol–water partition coefficient (Wildman–Crippen LogP) is 2.01. The quantitative estimate of drug-likeness (QED) is 0.910. The van der Waals surface area contributed by atoms with E-state index < -0.39 is 0 Å². The average Bonchev–Trinajstić information content (AvgIpc) is 3.08. The first-order chi connectivity index (χ1) is 10.5. The Morgan fingerprint density at radius 2 is 2.23 bits per heavy atom. The maximum Gasteiger partial charge on any atom is 0.227 e. The zero-order valence-electron chi connectivity index (χ0n) is 13.4. The van der Waals surface area contributed by atoms with E-state index in [4.69, 9.17) is 0 Å². The van der Waals surface area contributed by atoms with Gasteiger partial charge in [-0.25, -0.2) is 4.98 Å². The zero-order chi connectivity index (χ0) is 15.7. The zero-order valence-corrected chi connectivity index (χ0v) is 13.4. The second kappa shape index (κ2) is 5.94. The van der Waals surface area contributed by atoms with Crippen molar-refractivity contribution in [2.75, 3.05) is 13.1 Å². The van der Waals surface area contributed by atoms with Gasteiger partial charge in [0.05, 0.1) is 12.1 Å².